The number of nitrogens with zero attached hydrogens (tertiary/aromatic N) is 3. The molecule has 1 aromatic carbocycles. The molecule has 1 saturated heterocycles. The van der Waals surface area contributed by atoms with Gasteiger partial charge < -0.3 is 21.5 Å². The number of carbonyl (C=O) groups excluding carboxylic acids is 1. The summed E-state index contributed by atoms with van der Waals surface area (Å²) in [6, 6.07) is 6.93. The molecule has 0 bridgehead atoms. The van der Waals surface area contributed by atoms with E-state index in [0.717, 1.165) is 24.9 Å². The molecule has 0 spiro atoms. The molecule has 2 aromatic rings. The molecule has 7 nitrogen and oxygen atoms in total. The lowest BCUT2D eigenvalue weighted by Gasteiger charge is -2.25. The van der Waals surface area contributed by atoms with Crippen LogP contribution in [-0.2, 0) is 0 Å². The molecular weight excluding hydrogens is 294 g/mol. The second-order valence-electron chi connectivity index (χ2n) is 5.58. The number of amides is 1. The molecule has 23 heavy (non-hydrogen) atoms. The fourth-order valence-electron chi connectivity index (χ4n) is 2.88. The standard InChI is InChI=1S/C16H19N5O2/c17-14-16(21-6-2-5-12(21)9-22)20-13(8-19-14)10-3-1-4-11(7-10)15(18)23/h1,3-4,7-8,12,22H,2,5-6,9H2,(H2,17,19)(H2,18,23)/t12-/m1/s1. The van der Waals surface area contributed by atoms with Crippen molar-refractivity contribution in [2.24, 2.45) is 5.73 Å². The van der Waals surface area contributed by atoms with Crippen LogP contribution in [0.5, 0.6) is 0 Å². The average molecular weight is 313 g/mol. The van der Waals surface area contributed by atoms with E-state index < -0.39 is 5.91 Å². The monoisotopic (exact) mass is 313 g/mol. The fourth-order valence-corrected chi connectivity index (χ4v) is 2.88. The van der Waals surface area contributed by atoms with Crippen molar-refractivity contribution >= 4 is 17.5 Å². The summed E-state index contributed by atoms with van der Waals surface area (Å²) in [7, 11) is 0. The van der Waals surface area contributed by atoms with Crippen LogP contribution in [0.3, 0.4) is 0 Å². The van der Waals surface area contributed by atoms with Gasteiger partial charge in [-0.25, -0.2) is 9.97 Å². The maximum Gasteiger partial charge on any atom is 0.248 e. The Morgan fingerprint density at radius 2 is 2.26 bits per heavy atom. The topological polar surface area (TPSA) is 118 Å². The minimum atomic E-state index is -0.490. The van der Waals surface area contributed by atoms with E-state index in [1.165, 1.54) is 0 Å². The van der Waals surface area contributed by atoms with Crippen molar-refractivity contribution in [2.45, 2.75) is 18.9 Å². The van der Waals surface area contributed by atoms with Crippen LogP contribution >= 0.6 is 0 Å². The van der Waals surface area contributed by atoms with Gasteiger partial charge in [-0.05, 0) is 25.0 Å². The van der Waals surface area contributed by atoms with E-state index in [1.807, 2.05) is 11.0 Å². The summed E-state index contributed by atoms with van der Waals surface area (Å²) >= 11 is 0. The van der Waals surface area contributed by atoms with E-state index in [1.54, 1.807) is 24.4 Å². The largest absolute Gasteiger partial charge is 0.394 e. The summed E-state index contributed by atoms with van der Waals surface area (Å²) in [6.07, 6.45) is 3.45. The van der Waals surface area contributed by atoms with E-state index in [4.69, 9.17) is 11.5 Å². The number of aromatic nitrogens is 2. The molecule has 120 valence electrons. The number of hydrogen-bond donors (Lipinski definition) is 3. The van der Waals surface area contributed by atoms with Gasteiger partial charge >= 0.3 is 0 Å². The highest BCUT2D eigenvalue weighted by atomic mass is 16.3. The van der Waals surface area contributed by atoms with E-state index in [2.05, 4.69) is 9.97 Å². The second-order valence-corrected chi connectivity index (χ2v) is 5.58. The Hall–Kier alpha value is -2.67. The lowest BCUT2D eigenvalue weighted by atomic mass is 10.1. The Labute approximate surface area is 134 Å². The van der Waals surface area contributed by atoms with Crippen LogP contribution in [0.25, 0.3) is 11.3 Å². The van der Waals surface area contributed by atoms with Gasteiger partial charge in [0.25, 0.3) is 0 Å². The van der Waals surface area contributed by atoms with E-state index >= 15 is 0 Å². The fraction of sp³-hybridized carbons (Fsp3) is 0.312. The number of aliphatic hydroxyl groups excluding tert-OH is 1. The first kappa shape index (κ1) is 15.2. The lowest BCUT2D eigenvalue weighted by Crippen LogP contribution is -2.33. The molecule has 5 N–H and O–H groups in total. The van der Waals surface area contributed by atoms with Gasteiger partial charge in [0.2, 0.25) is 5.91 Å². The van der Waals surface area contributed by atoms with Gasteiger partial charge in [-0.15, -0.1) is 0 Å². The highest BCUT2D eigenvalue weighted by Crippen LogP contribution is 2.29. The van der Waals surface area contributed by atoms with Crippen molar-refractivity contribution in [2.75, 3.05) is 23.8 Å². The number of anilines is 2. The molecule has 3 rings (SSSR count). The van der Waals surface area contributed by atoms with Crippen LogP contribution in [0, 0.1) is 0 Å². The summed E-state index contributed by atoms with van der Waals surface area (Å²) in [5.41, 5.74) is 13.1. The maximum atomic E-state index is 11.3. The van der Waals surface area contributed by atoms with Gasteiger partial charge in [-0.1, -0.05) is 12.1 Å². The Kier molecular flexibility index (Phi) is 4.12. The highest BCUT2D eigenvalue weighted by Gasteiger charge is 2.27. The minimum Gasteiger partial charge on any atom is -0.394 e. The predicted octanol–water partition coefficient (Wildman–Crippen LogP) is 0.786. The zero-order valence-corrected chi connectivity index (χ0v) is 12.6. The zero-order valence-electron chi connectivity index (χ0n) is 12.6. The van der Waals surface area contributed by atoms with Gasteiger partial charge in [-0.2, -0.15) is 0 Å². The van der Waals surface area contributed by atoms with Crippen molar-refractivity contribution in [3.63, 3.8) is 0 Å². The molecule has 1 aliphatic rings. The molecule has 0 radical (unpaired) electrons. The third-order valence-electron chi connectivity index (χ3n) is 4.08. The van der Waals surface area contributed by atoms with Gasteiger partial charge in [-0.3, -0.25) is 4.79 Å². The normalized spacial score (nSPS) is 17.4. The molecule has 1 atom stereocenters. The third-order valence-corrected chi connectivity index (χ3v) is 4.08. The number of nitrogen functional groups attached to an aromatic ring is 1. The van der Waals surface area contributed by atoms with Crippen LogP contribution in [0.1, 0.15) is 23.2 Å². The lowest BCUT2D eigenvalue weighted by molar-refractivity contribution is 0.100. The highest BCUT2D eigenvalue weighted by molar-refractivity contribution is 5.94. The number of benzene rings is 1. The van der Waals surface area contributed by atoms with Crippen LogP contribution in [-0.4, -0.2) is 40.2 Å². The second kappa shape index (κ2) is 6.21. The van der Waals surface area contributed by atoms with E-state index in [9.17, 15) is 9.90 Å². The van der Waals surface area contributed by atoms with Crippen molar-refractivity contribution in [3.05, 3.63) is 36.0 Å². The molecule has 1 aliphatic heterocycles. The third kappa shape index (κ3) is 2.95. The number of primary amides is 1. The number of hydrogen-bond acceptors (Lipinski definition) is 6. The summed E-state index contributed by atoms with van der Waals surface area (Å²) in [6.45, 7) is 0.845. The first-order valence-electron chi connectivity index (χ1n) is 7.50. The van der Waals surface area contributed by atoms with Crippen LogP contribution in [0.4, 0.5) is 11.6 Å². The van der Waals surface area contributed by atoms with Crippen molar-refractivity contribution in [3.8, 4) is 11.3 Å². The van der Waals surface area contributed by atoms with Crippen molar-refractivity contribution in [1.82, 2.24) is 9.97 Å². The molecule has 0 aliphatic carbocycles. The molecule has 1 amide bonds. The van der Waals surface area contributed by atoms with Crippen LogP contribution in [0.15, 0.2) is 30.5 Å². The number of nitrogens with two attached hydrogens (primary N) is 2. The van der Waals surface area contributed by atoms with Crippen molar-refractivity contribution in [1.29, 1.82) is 0 Å². The predicted molar refractivity (Wildman–Crippen MR) is 87.9 cm³/mol. The van der Waals surface area contributed by atoms with Gasteiger partial charge in [0, 0.05) is 17.7 Å². The molecule has 7 heteroatoms. The summed E-state index contributed by atoms with van der Waals surface area (Å²) in [5.74, 6) is 0.416. The smallest absolute Gasteiger partial charge is 0.248 e. The first-order valence-corrected chi connectivity index (χ1v) is 7.50. The molecule has 1 aromatic heterocycles. The number of rotatable bonds is 4. The average Bonchev–Trinajstić information content (AvgIpc) is 3.04. The maximum absolute atomic E-state index is 11.3. The summed E-state index contributed by atoms with van der Waals surface area (Å²) in [5, 5.41) is 9.49. The molecule has 2 heterocycles. The summed E-state index contributed by atoms with van der Waals surface area (Å²) in [4.78, 5) is 22.1. The molecule has 0 unspecified atom stereocenters. The molecular formula is C16H19N5O2. The Morgan fingerprint density at radius 3 is 3.00 bits per heavy atom. The Morgan fingerprint density at radius 1 is 1.43 bits per heavy atom. The van der Waals surface area contributed by atoms with Gasteiger partial charge in [0.05, 0.1) is 24.5 Å². The number of carbonyl (C=O) groups is 1. The van der Waals surface area contributed by atoms with Crippen LogP contribution in [0.2, 0.25) is 0 Å². The molecule has 0 saturated carbocycles. The zero-order chi connectivity index (χ0) is 16.4. The Bertz CT molecular complexity index is 734. The molecule has 1 fully saturated rings. The number of aliphatic hydroxyl groups is 1. The minimum absolute atomic E-state index is 0.0128. The SMILES string of the molecule is NC(=O)c1cccc(-c2cnc(N)c(N3CCC[C@@H]3CO)n2)c1. The van der Waals surface area contributed by atoms with Gasteiger partial charge in [0.15, 0.2) is 11.6 Å². The first-order chi connectivity index (χ1) is 11.1. The van der Waals surface area contributed by atoms with Crippen LogP contribution < -0.4 is 16.4 Å². The van der Waals surface area contributed by atoms with E-state index in [-0.39, 0.29) is 12.6 Å². The quantitative estimate of drug-likeness (QED) is 0.768. The van der Waals surface area contributed by atoms with Crippen molar-refractivity contribution < 1.29 is 9.90 Å². The Balaban J connectivity index is 2.00. The van der Waals surface area contributed by atoms with E-state index in [0.29, 0.717) is 22.9 Å². The summed E-state index contributed by atoms with van der Waals surface area (Å²) < 4.78 is 0. The van der Waals surface area contributed by atoms with Gasteiger partial charge in [0.1, 0.15) is 0 Å².